The van der Waals surface area contributed by atoms with Crippen LogP contribution in [0.1, 0.15) is 284 Å². The predicted octanol–water partition coefficient (Wildman–Crippen LogP) is 13.7. The van der Waals surface area contributed by atoms with Crippen LogP contribution in [0, 0.1) is 0 Å². The molecule has 3 saturated heterocycles. The standard InChI is InChI=1S/C84H145NO18/c1-3-5-7-9-11-13-15-17-19-21-23-25-27-29-31-32-33-34-36-37-39-41-43-45-47-49-51-53-55-57-59-61-68(89)67(85-72(90)62-60-58-56-54-52-50-48-46-44-42-40-38-35-30-28-26-24-22-20-18-16-14-12-10-8-6-4-2)66-98-82-78(96)75(93)80(70(64-87)100-82)103-84-79(97)76(94)81(71(65-88)101-84)102-83-77(95)74(92)73(91)69(63-86)99-83/h6,8,12,14,18,20,24,26,30,35,40,42,46,48,51,53,59,61,67-71,73-84,86-89,91-97H,3-5,7,9-11,13,15-17,19,21-23,25,27-29,31-34,36-39,41,43-45,47,49-50,52,54-58,60,62-66H2,1-2H3,(H,85,90)/b8-6-,14-12-,20-18-,26-24-,35-30-,42-40-,48-46-,53-51+,61-59+. The van der Waals surface area contributed by atoms with Crippen LogP contribution in [0.15, 0.2) is 109 Å². The quantitative estimate of drug-likeness (QED) is 0.0199. The zero-order valence-electron chi connectivity index (χ0n) is 63.5. The molecule has 19 nitrogen and oxygen atoms in total. The summed E-state index contributed by atoms with van der Waals surface area (Å²) in [6.07, 6.45) is 60.8. The molecule has 0 saturated carbocycles. The van der Waals surface area contributed by atoms with Gasteiger partial charge in [0.05, 0.1) is 38.6 Å². The van der Waals surface area contributed by atoms with Crippen molar-refractivity contribution < 1.29 is 89.4 Å². The van der Waals surface area contributed by atoms with Crippen LogP contribution in [0.25, 0.3) is 0 Å². The molecule has 3 fully saturated rings. The number of hydrogen-bond acceptors (Lipinski definition) is 18. The highest BCUT2D eigenvalue weighted by Gasteiger charge is 2.54. The van der Waals surface area contributed by atoms with Crippen LogP contribution in [0.5, 0.6) is 0 Å². The maximum Gasteiger partial charge on any atom is 0.220 e. The van der Waals surface area contributed by atoms with Crippen LogP contribution >= 0.6 is 0 Å². The lowest BCUT2D eigenvalue weighted by molar-refractivity contribution is -0.379. The summed E-state index contributed by atoms with van der Waals surface area (Å²) in [5.74, 6) is -0.306. The zero-order valence-corrected chi connectivity index (χ0v) is 63.5. The van der Waals surface area contributed by atoms with E-state index in [-0.39, 0.29) is 18.9 Å². The van der Waals surface area contributed by atoms with Gasteiger partial charge < -0.3 is 89.9 Å². The SMILES string of the molecule is CC/C=C\C/C=C\C/C=C\C/C=C\C/C=C\C/C=C\C/C=C\CCCCCCCC(=O)NC(COC1OC(CO)C(OC2OC(CO)C(OC3OC(CO)C(O)C(O)C3O)C(O)C2O)C(O)C1O)C(O)/C=C/CC/C=C/CCCCCCCCCCCCCCCCCCCCCCCCCCC. The maximum atomic E-state index is 13.5. The fourth-order valence-corrected chi connectivity index (χ4v) is 13.1. The fraction of sp³-hybridized carbons (Fsp3) is 0.774. The Labute approximate surface area is 621 Å². The Morgan fingerprint density at radius 3 is 1.09 bits per heavy atom. The van der Waals surface area contributed by atoms with Crippen molar-refractivity contribution in [3.8, 4) is 0 Å². The molecule has 0 bridgehead atoms. The Morgan fingerprint density at radius 2 is 0.680 bits per heavy atom. The minimum atomic E-state index is -1.99. The van der Waals surface area contributed by atoms with Crippen LogP contribution in [-0.4, -0.2) is 193 Å². The van der Waals surface area contributed by atoms with E-state index < -0.39 is 124 Å². The van der Waals surface area contributed by atoms with Crippen molar-refractivity contribution in [1.29, 1.82) is 0 Å². The summed E-state index contributed by atoms with van der Waals surface area (Å²) in [5.41, 5.74) is 0. The van der Waals surface area contributed by atoms with Crippen molar-refractivity contribution in [3.05, 3.63) is 109 Å². The molecule has 3 rings (SSSR count). The number of unbranched alkanes of at least 4 members (excludes halogenated alkanes) is 31. The van der Waals surface area contributed by atoms with E-state index in [9.17, 15) is 61.0 Å². The Bertz CT molecular complexity index is 2290. The van der Waals surface area contributed by atoms with Crippen molar-refractivity contribution in [2.24, 2.45) is 0 Å². The summed E-state index contributed by atoms with van der Waals surface area (Å²) in [5, 5.41) is 121. The second kappa shape index (κ2) is 63.4. The average Bonchev–Trinajstić information content (AvgIpc) is 0.781. The van der Waals surface area contributed by atoms with E-state index in [4.69, 9.17) is 28.4 Å². The minimum Gasteiger partial charge on any atom is -0.394 e. The second-order valence-corrected chi connectivity index (χ2v) is 28.5. The number of hydrogen-bond donors (Lipinski definition) is 12. The second-order valence-electron chi connectivity index (χ2n) is 28.5. The zero-order chi connectivity index (χ0) is 74.6. The smallest absolute Gasteiger partial charge is 0.220 e. The van der Waals surface area contributed by atoms with E-state index in [2.05, 4.69) is 116 Å². The first-order chi connectivity index (χ1) is 50.3. The van der Waals surface area contributed by atoms with Gasteiger partial charge in [0, 0.05) is 6.42 Å². The summed E-state index contributed by atoms with van der Waals surface area (Å²) in [7, 11) is 0. The molecule has 594 valence electrons. The average molecular weight is 1460 g/mol. The Hall–Kier alpha value is -3.55. The van der Waals surface area contributed by atoms with Crippen molar-refractivity contribution in [2.75, 3.05) is 26.4 Å². The number of carbonyl (C=O) groups excluding carboxylic acids is 1. The lowest BCUT2D eigenvalue weighted by Crippen LogP contribution is -2.66. The number of carbonyl (C=O) groups is 1. The van der Waals surface area contributed by atoms with Crippen LogP contribution < -0.4 is 5.32 Å². The van der Waals surface area contributed by atoms with Gasteiger partial charge in [0.2, 0.25) is 5.91 Å². The molecular formula is C84H145NO18. The molecule has 3 aliphatic rings. The van der Waals surface area contributed by atoms with Crippen molar-refractivity contribution in [1.82, 2.24) is 5.32 Å². The van der Waals surface area contributed by atoms with E-state index in [1.54, 1.807) is 6.08 Å². The molecule has 0 aromatic heterocycles. The van der Waals surface area contributed by atoms with E-state index in [0.29, 0.717) is 12.8 Å². The van der Waals surface area contributed by atoms with E-state index in [0.717, 1.165) is 96.3 Å². The maximum absolute atomic E-state index is 13.5. The Balaban J connectivity index is 1.40. The third kappa shape index (κ3) is 43.3. The predicted molar refractivity (Wildman–Crippen MR) is 410 cm³/mol. The summed E-state index contributed by atoms with van der Waals surface area (Å²) >= 11 is 0. The molecule has 3 aliphatic heterocycles. The molecule has 0 aliphatic carbocycles. The molecule has 0 radical (unpaired) electrons. The number of aliphatic hydroxyl groups is 11. The first-order valence-electron chi connectivity index (χ1n) is 40.6. The molecule has 17 atom stereocenters. The number of nitrogens with one attached hydrogen (secondary N) is 1. The largest absolute Gasteiger partial charge is 0.394 e. The molecular weight excluding hydrogens is 1310 g/mol. The lowest BCUT2D eigenvalue weighted by atomic mass is 9.96. The van der Waals surface area contributed by atoms with Crippen LogP contribution in [-0.2, 0) is 33.2 Å². The van der Waals surface area contributed by atoms with E-state index in [1.165, 1.54) is 154 Å². The summed E-state index contributed by atoms with van der Waals surface area (Å²) in [4.78, 5) is 13.5. The third-order valence-electron chi connectivity index (χ3n) is 19.6. The molecule has 0 aromatic carbocycles. The van der Waals surface area contributed by atoms with Gasteiger partial charge in [0.25, 0.3) is 0 Å². The van der Waals surface area contributed by atoms with Gasteiger partial charge in [-0.25, -0.2) is 0 Å². The molecule has 1 amide bonds. The Kier molecular flexibility index (Phi) is 57.6. The molecule has 17 unspecified atom stereocenters. The van der Waals surface area contributed by atoms with Gasteiger partial charge in [-0.15, -0.1) is 0 Å². The van der Waals surface area contributed by atoms with Crippen LogP contribution in [0.4, 0.5) is 0 Å². The van der Waals surface area contributed by atoms with Crippen molar-refractivity contribution in [2.45, 2.75) is 388 Å². The summed E-state index contributed by atoms with van der Waals surface area (Å²) < 4.78 is 34.4. The normalized spacial score (nSPS) is 26.6. The number of aliphatic hydroxyl groups excluding tert-OH is 11. The number of allylic oxidation sites excluding steroid dienone is 17. The molecule has 19 heteroatoms. The van der Waals surface area contributed by atoms with Gasteiger partial charge in [-0.1, -0.05) is 297 Å². The molecule has 103 heavy (non-hydrogen) atoms. The molecule has 0 aromatic rings. The summed E-state index contributed by atoms with van der Waals surface area (Å²) in [6.45, 7) is 1.61. The van der Waals surface area contributed by atoms with E-state index >= 15 is 0 Å². The van der Waals surface area contributed by atoms with Gasteiger partial charge >= 0.3 is 0 Å². The number of rotatable bonds is 63. The highest BCUT2D eigenvalue weighted by molar-refractivity contribution is 5.76. The molecule has 3 heterocycles. The van der Waals surface area contributed by atoms with E-state index in [1.807, 2.05) is 6.08 Å². The molecule has 0 spiro atoms. The number of ether oxygens (including phenoxy) is 6. The van der Waals surface area contributed by atoms with Gasteiger partial charge in [0.1, 0.15) is 73.2 Å². The third-order valence-corrected chi connectivity index (χ3v) is 19.6. The first kappa shape index (κ1) is 93.7. The van der Waals surface area contributed by atoms with Crippen molar-refractivity contribution >= 4 is 5.91 Å². The van der Waals surface area contributed by atoms with Gasteiger partial charge in [-0.3, -0.25) is 4.79 Å². The topological polar surface area (TPSA) is 307 Å². The summed E-state index contributed by atoms with van der Waals surface area (Å²) in [6, 6.07) is -1.01. The van der Waals surface area contributed by atoms with Crippen LogP contribution in [0.3, 0.4) is 0 Å². The van der Waals surface area contributed by atoms with Gasteiger partial charge in [0.15, 0.2) is 18.9 Å². The van der Waals surface area contributed by atoms with Gasteiger partial charge in [-0.05, 0) is 89.9 Å². The Morgan fingerprint density at radius 1 is 0.359 bits per heavy atom. The minimum absolute atomic E-state index is 0.206. The molecule has 12 N–H and O–H groups in total. The fourth-order valence-electron chi connectivity index (χ4n) is 13.1. The van der Waals surface area contributed by atoms with Crippen molar-refractivity contribution in [3.63, 3.8) is 0 Å². The monoisotopic (exact) mass is 1460 g/mol. The van der Waals surface area contributed by atoms with Gasteiger partial charge in [-0.2, -0.15) is 0 Å². The highest BCUT2D eigenvalue weighted by atomic mass is 16.8. The lowest BCUT2D eigenvalue weighted by Gasteiger charge is -2.48. The van der Waals surface area contributed by atoms with Crippen LogP contribution in [0.2, 0.25) is 0 Å². The first-order valence-corrected chi connectivity index (χ1v) is 40.6. The highest BCUT2D eigenvalue weighted by Crippen LogP contribution is 2.33. The number of amides is 1.